The van der Waals surface area contributed by atoms with Gasteiger partial charge in [-0.1, -0.05) is 26.8 Å². The van der Waals surface area contributed by atoms with Crippen LogP contribution >= 0.6 is 24.0 Å². The average Bonchev–Trinajstić information content (AvgIpc) is 2.75. The van der Waals surface area contributed by atoms with Gasteiger partial charge in [-0.05, 0) is 42.5 Å². The SMILES string of the molecule is CC(c1cccs1)N(C)CC(CS)C(C)(C)C. The van der Waals surface area contributed by atoms with Gasteiger partial charge in [0.05, 0.1) is 0 Å². The van der Waals surface area contributed by atoms with Gasteiger partial charge < -0.3 is 0 Å². The second kappa shape index (κ2) is 6.26. The Hall–Kier alpha value is 0.01000. The Morgan fingerprint density at radius 3 is 2.47 bits per heavy atom. The van der Waals surface area contributed by atoms with Crippen LogP contribution in [0.15, 0.2) is 17.5 Å². The molecule has 0 bridgehead atoms. The van der Waals surface area contributed by atoms with Crippen molar-refractivity contribution in [2.45, 2.75) is 33.7 Å². The van der Waals surface area contributed by atoms with Gasteiger partial charge in [-0.15, -0.1) is 11.3 Å². The standard InChI is InChI=1S/C14H25NS2/c1-11(13-7-6-8-17-13)15(5)9-12(10-16)14(2,3)4/h6-8,11-12,16H,9-10H2,1-5H3. The van der Waals surface area contributed by atoms with Crippen LogP contribution in [0.1, 0.15) is 38.6 Å². The quantitative estimate of drug-likeness (QED) is 0.780. The van der Waals surface area contributed by atoms with E-state index in [-0.39, 0.29) is 0 Å². The fourth-order valence-electron chi connectivity index (χ4n) is 1.86. The van der Waals surface area contributed by atoms with Gasteiger partial charge in [0.2, 0.25) is 0 Å². The molecule has 1 heterocycles. The lowest BCUT2D eigenvalue weighted by Crippen LogP contribution is -2.35. The molecule has 0 saturated carbocycles. The smallest absolute Gasteiger partial charge is 0.0410 e. The van der Waals surface area contributed by atoms with Gasteiger partial charge in [-0.3, -0.25) is 4.90 Å². The summed E-state index contributed by atoms with van der Waals surface area (Å²) in [7, 11) is 2.21. The van der Waals surface area contributed by atoms with Crippen LogP contribution in [0, 0.1) is 11.3 Å². The summed E-state index contributed by atoms with van der Waals surface area (Å²) < 4.78 is 0. The van der Waals surface area contributed by atoms with Crippen molar-refractivity contribution in [3.05, 3.63) is 22.4 Å². The maximum absolute atomic E-state index is 4.50. The molecule has 0 aliphatic heterocycles. The summed E-state index contributed by atoms with van der Waals surface area (Å²) in [6.45, 7) is 10.3. The molecule has 0 radical (unpaired) electrons. The summed E-state index contributed by atoms with van der Waals surface area (Å²) in [5, 5.41) is 2.15. The van der Waals surface area contributed by atoms with E-state index in [1.165, 1.54) is 4.88 Å². The highest BCUT2D eigenvalue weighted by Gasteiger charge is 2.26. The minimum absolute atomic E-state index is 0.325. The van der Waals surface area contributed by atoms with Gasteiger partial charge in [0, 0.05) is 17.5 Å². The van der Waals surface area contributed by atoms with Crippen molar-refractivity contribution in [1.82, 2.24) is 4.90 Å². The molecule has 0 aliphatic rings. The lowest BCUT2D eigenvalue weighted by molar-refractivity contribution is 0.159. The minimum atomic E-state index is 0.325. The van der Waals surface area contributed by atoms with Crippen molar-refractivity contribution in [2.24, 2.45) is 11.3 Å². The van der Waals surface area contributed by atoms with E-state index in [0.717, 1.165) is 12.3 Å². The van der Waals surface area contributed by atoms with Crippen molar-refractivity contribution in [3.63, 3.8) is 0 Å². The van der Waals surface area contributed by atoms with E-state index in [1.54, 1.807) is 0 Å². The van der Waals surface area contributed by atoms with E-state index in [4.69, 9.17) is 0 Å². The van der Waals surface area contributed by atoms with Gasteiger partial charge in [0.25, 0.3) is 0 Å². The molecule has 0 saturated heterocycles. The number of thiol groups is 1. The zero-order valence-electron chi connectivity index (χ0n) is 11.6. The third-order valence-corrected chi connectivity index (χ3v) is 5.05. The summed E-state index contributed by atoms with van der Waals surface area (Å²) >= 11 is 6.34. The van der Waals surface area contributed by atoms with Crippen LogP contribution in [0.5, 0.6) is 0 Å². The van der Waals surface area contributed by atoms with Crippen LogP contribution in [0.3, 0.4) is 0 Å². The Morgan fingerprint density at radius 1 is 1.41 bits per heavy atom. The molecule has 0 amide bonds. The molecule has 0 fully saturated rings. The Bertz CT molecular complexity index is 313. The van der Waals surface area contributed by atoms with Crippen LogP contribution in [0.2, 0.25) is 0 Å². The van der Waals surface area contributed by atoms with Crippen molar-refractivity contribution < 1.29 is 0 Å². The Balaban J connectivity index is 2.62. The van der Waals surface area contributed by atoms with E-state index in [0.29, 0.717) is 17.4 Å². The summed E-state index contributed by atoms with van der Waals surface area (Å²) in [4.78, 5) is 3.89. The molecule has 98 valence electrons. The van der Waals surface area contributed by atoms with Crippen LogP contribution in [-0.4, -0.2) is 24.2 Å². The van der Waals surface area contributed by atoms with Gasteiger partial charge in [-0.2, -0.15) is 12.6 Å². The fraction of sp³-hybridized carbons (Fsp3) is 0.714. The normalized spacial score (nSPS) is 16.2. The second-order valence-electron chi connectivity index (χ2n) is 5.88. The zero-order chi connectivity index (χ0) is 13.1. The van der Waals surface area contributed by atoms with Crippen molar-refractivity contribution in [2.75, 3.05) is 19.3 Å². The monoisotopic (exact) mass is 271 g/mol. The summed E-state index contributed by atoms with van der Waals surface area (Å²) in [5.41, 5.74) is 0.325. The molecule has 3 heteroatoms. The third-order valence-electron chi connectivity index (χ3n) is 3.57. The highest BCUT2D eigenvalue weighted by Crippen LogP contribution is 2.30. The number of nitrogens with zero attached hydrogens (tertiary/aromatic N) is 1. The maximum atomic E-state index is 4.50. The first-order valence-electron chi connectivity index (χ1n) is 6.20. The molecule has 1 aromatic heterocycles. The lowest BCUT2D eigenvalue weighted by atomic mass is 9.81. The van der Waals surface area contributed by atoms with E-state index >= 15 is 0 Å². The second-order valence-corrected chi connectivity index (χ2v) is 7.22. The molecule has 1 rings (SSSR count). The highest BCUT2D eigenvalue weighted by molar-refractivity contribution is 7.80. The first-order valence-corrected chi connectivity index (χ1v) is 7.72. The largest absolute Gasteiger partial charge is 0.299 e. The van der Waals surface area contributed by atoms with Crippen molar-refractivity contribution in [3.8, 4) is 0 Å². The first-order chi connectivity index (χ1) is 7.86. The number of thiophene rings is 1. The Labute approximate surface area is 116 Å². The van der Waals surface area contributed by atoms with Gasteiger partial charge in [0.1, 0.15) is 0 Å². The van der Waals surface area contributed by atoms with Crippen molar-refractivity contribution in [1.29, 1.82) is 0 Å². The first kappa shape index (κ1) is 15.1. The molecule has 1 nitrogen and oxygen atoms in total. The highest BCUT2D eigenvalue weighted by atomic mass is 32.1. The Morgan fingerprint density at radius 2 is 2.06 bits per heavy atom. The number of hydrogen-bond acceptors (Lipinski definition) is 3. The molecular weight excluding hydrogens is 246 g/mol. The van der Waals surface area contributed by atoms with Gasteiger partial charge in [-0.25, -0.2) is 0 Å². The van der Waals surface area contributed by atoms with E-state index in [1.807, 2.05) is 11.3 Å². The van der Waals surface area contributed by atoms with Crippen LogP contribution in [-0.2, 0) is 0 Å². The minimum Gasteiger partial charge on any atom is -0.299 e. The number of hydrogen-bond donors (Lipinski definition) is 1. The molecule has 0 spiro atoms. The maximum Gasteiger partial charge on any atom is 0.0410 e. The fourth-order valence-corrected chi connectivity index (χ4v) is 3.37. The van der Waals surface area contributed by atoms with Gasteiger partial charge >= 0.3 is 0 Å². The van der Waals surface area contributed by atoms with Crippen LogP contribution in [0.25, 0.3) is 0 Å². The lowest BCUT2D eigenvalue weighted by Gasteiger charge is -2.35. The van der Waals surface area contributed by atoms with Crippen LogP contribution in [0.4, 0.5) is 0 Å². The third kappa shape index (κ3) is 4.31. The summed E-state index contributed by atoms with van der Waals surface area (Å²) in [6.07, 6.45) is 0. The van der Waals surface area contributed by atoms with Crippen molar-refractivity contribution >= 4 is 24.0 Å². The number of rotatable bonds is 5. The molecule has 0 aromatic carbocycles. The Kier molecular flexibility index (Phi) is 5.55. The van der Waals surface area contributed by atoms with Gasteiger partial charge in [0.15, 0.2) is 0 Å². The van der Waals surface area contributed by atoms with E-state index in [2.05, 4.69) is 69.8 Å². The molecule has 2 unspecified atom stereocenters. The molecule has 0 N–H and O–H groups in total. The summed E-state index contributed by atoms with van der Waals surface area (Å²) in [6, 6.07) is 4.85. The molecule has 1 aromatic rings. The molecule has 2 atom stereocenters. The summed E-state index contributed by atoms with van der Waals surface area (Å²) in [5.74, 6) is 1.57. The topological polar surface area (TPSA) is 3.24 Å². The average molecular weight is 271 g/mol. The predicted molar refractivity (Wildman–Crippen MR) is 82.2 cm³/mol. The van der Waals surface area contributed by atoms with Crippen LogP contribution < -0.4 is 0 Å². The molecule has 17 heavy (non-hydrogen) atoms. The van der Waals surface area contributed by atoms with E-state index in [9.17, 15) is 0 Å². The van der Waals surface area contributed by atoms with E-state index < -0.39 is 0 Å². The zero-order valence-corrected chi connectivity index (χ0v) is 13.3. The molecular formula is C14H25NS2. The predicted octanol–water partition coefficient (Wildman–Crippen LogP) is 4.33. The molecule has 0 aliphatic carbocycles.